The SMILES string of the molecule is Cc1onc(-c2ccccc2)c1C(=O)NCCCCNC(=O)c1c(-c2ccccc2)noc1C. The van der Waals surface area contributed by atoms with Crippen LogP contribution in [0.2, 0.25) is 0 Å². The second-order valence-electron chi connectivity index (χ2n) is 7.88. The molecule has 0 radical (unpaired) electrons. The van der Waals surface area contributed by atoms with Crippen molar-refractivity contribution >= 4 is 11.8 Å². The highest BCUT2D eigenvalue weighted by Gasteiger charge is 2.22. The number of hydrogen-bond acceptors (Lipinski definition) is 6. The molecule has 8 nitrogen and oxygen atoms in total. The maximum Gasteiger partial charge on any atom is 0.257 e. The molecule has 4 aromatic rings. The third-order valence-electron chi connectivity index (χ3n) is 5.45. The molecule has 2 aromatic carbocycles. The van der Waals surface area contributed by atoms with Gasteiger partial charge in [0.25, 0.3) is 11.8 Å². The molecule has 4 rings (SSSR count). The molecule has 0 saturated heterocycles. The highest BCUT2D eigenvalue weighted by molar-refractivity contribution is 6.01. The number of benzene rings is 2. The zero-order valence-corrected chi connectivity index (χ0v) is 19.1. The lowest BCUT2D eigenvalue weighted by atomic mass is 10.1. The van der Waals surface area contributed by atoms with E-state index >= 15 is 0 Å². The Hall–Kier alpha value is -4.20. The Balaban J connectivity index is 1.26. The quantitative estimate of drug-likeness (QED) is 0.356. The highest BCUT2D eigenvalue weighted by atomic mass is 16.5. The molecule has 0 unspecified atom stereocenters. The summed E-state index contributed by atoms with van der Waals surface area (Å²) in [6.07, 6.45) is 1.40. The number of carbonyl (C=O) groups is 2. The minimum Gasteiger partial charge on any atom is -0.360 e. The van der Waals surface area contributed by atoms with Gasteiger partial charge >= 0.3 is 0 Å². The summed E-state index contributed by atoms with van der Waals surface area (Å²) in [4.78, 5) is 25.5. The van der Waals surface area contributed by atoms with Crippen molar-refractivity contribution in [3.05, 3.63) is 83.3 Å². The zero-order chi connectivity index (χ0) is 23.9. The van der Waals surface area contributed by atoms with Crippen molar-refractivity contribution in [1.82, 2.24) is 20.9 Å². The molecule has 0 atom stereocenters. The Morgan fingerprint density at radius 2 is 1.06 bits per heavy atom. The van der Waals surface area contributed by atoms with Gasteiger partial charge in [-0.15, -0.1) is 0 Å². The molecule has 34 heavy (non-hydrogen) atoms. The van der Waals surface area contributed by atoms with Crippen LogP contribution in [0.15, 0.2) is 69.7 Å². The minimum atomic E-state index is -0.228. The van der Waals surface area contributed by atoms with E-state index in [1.807, 2.05) is 60.7 Å². The van der Waals surface area contributed by atoms with Gasteiger partial charge in [0.05, 0.1) is 0 Å². The van der Waals surface area contributed by atoms with Crippen LogP contribution < -0.4 is 10.6 Å². The normalized spacial score (nSPS) is 10.8. The van der Waals surface area contributed by atoms with Gasteiger partial charge in [0, 0.05) is 24.2 Å². The molecular formula is C26H26N4O4. The van der Waals surface area contributed by atoms with Crippen LogP contribution in [-0.2, 0) is 0 Å². The number of hydrogen-bond donors (Lipinski definition) is 2. The van der Waals surface area contributed by atoms with E-state index in [1.165, 1.54) is 0 Å². The summed E-state index contributed by atoms with van der Waals surface area (Å²) in [6, 6.07) is 18.9. The molecule has 0 aliphatic heterocycles. The lowest BCUT2D eigenvalue weighted by molar-refractivity contribution is 0.0938. The molecule has 2 heterocycles. The Kier molecular flexibility index (Phi) is 7.17. The van der Waals surface area contributed by atoms with Gasteiger partial charge in [-0.25, -0.2) is 0 Å². The Labute approximate surface area is 197 Å². The Bertz CT molecular complexity index is 1160. The number of rotatable bonds is 9. The number of carbonyl (C=O) groups excluding carboxylic acids is 2. The summed E-state index contributed by atoms with van der Waals surface area (Å²) in [7, 11) is 0. The first-order valence-electron chi connectivity index (χ1n) is 11.2. The summed E-state index contributed by atoms with van der Waals surface area (Å²) in [5.41, 5.74) is 3.59. The number of nitrogens with zero attached hydrogens (tertiary/aromatic N) is 2. The summed E-state index contributed by atoms with van der Waals surface area (Å²) >= 11 is 0. The van der Waals surface area contributed by atoms with Gasteiger partial charge in [-0.2, -0.15) is 0 Å². The third-order valence-corrected chi connectivity index (χ3v) is 5.45. The van der Waals surface area contributed by atoms with Crippen molar-refractivity contribution in [3.63, 3.8) is 0 Å². The van der Waals surface area contributed by atoms with E-state index in [0.717, 1.165) is 11.1 Å². The summed E-state index contributed by atoms with van der Waals surface area (Å²) in [5.74, 6) is 0.493. The first kappa shape index (κ1) is 23.0. The fraction of sp³-hybridized carbons (Fsp3) is 0.231. The molecule has 2 N–H and O–H groups in total. The monoisotopic (exact) mass is 458 g/mol. The van der Waals surface area contributed by atoms with Crippen LogP contribution in [0.25, 0.3) is 22.5 Å². The number of aromatic nitrogens is 2. The van der Waals surface area contributed by atoms with Gasteiger partial charge in [0.1, 0.15) is 34.0 Å². The largest absolute Gasteiger partial charge is 0.360 e. The second-order valence-corrected chi connectivity index (χ2v) is 7.88. The van der Waals surface area contributed by atoms with Gasteiger partial charge < -0.3 is 19.7 Å². The van der Waals surface area contributed by atoms with Crippen molar-refractivity contribution in [2.75, 3.05) is 13.1 Å². The van der Waals surface area contributed by atoms with Gasteiger partial charge in [0.2, 0.25) is 0 Å². The van der Waals surface area contributed by atoms with Crippen LogP contribution in [0.4, 0.5) is 0 Å². The van der Waals surface area contributed by atoms with Crippen LogP contribution in [0.1, 0.15) is 45.1 Å². The maximum atomic E-state index is 12.7. The van der Waals surface area contributed by atoms with E-state index in [9.17, 15) is 9.59 Å². The second kappa shape index (κ2) is 10.6. The molecule has 0 aliphatic carbocycles. The van der Waals surface area contributed by atoms with Crippen LogP contribution in [-0.4, -0.2) is 35.2 Å². The number of unbranched alkanes of at least 4 members (excludes halogenated alkanes) is 1. The summed E-state index contributed by atoms with van der Waals surface area (Å²) in [5, 5.41) is 13.9. The summed E-state index contributed by atoms with van der Waals surface area (Å²) < 4.78 is 10.5. The molecule has 0 aliphatic rings. The van der Waals surface area contributed by atoms with Crippen molar-refractivity contribution < 1.29 is 18.6 Å². The molecule has 8 heteroatoms. The molecule has 0 fully saturated rings. The van der Waals surface area contributed by atoms with Gasteiger partial charge in [-0.1, -0.05) is 71.0 Å². The van der Waals surface area contributed by atoms with Crippen LogP contribution in [0.5, 0.6) is 0 Å². The first-order chi connectivity index (χ1) is 16.6. The molecule has 0 spiro atoms. The average Bonchev–Trinajstić information content (AvgIpc) is 3.44. The van der Waals surface area contributed by atoms with Crippen LogP contribution in [0, 0.1) is 13.8 Å². The number of aryl methyl sites for hydroxylation is 2. The third kappa shape index (κ3) is 5.06. The van der Waals surface area contributed by atoms with Gasteiger partial charge in [-0.3, -0.25) is 9.59 Å². The van der Waals surface area contributed by atoms with Crippen molar-refractivity contribution in [2.45, 2.75) is 26.7 Å². The number of nitrogens with one attached hydrogen (secondary N) is 2. The predicted molar refractivity (Wildman–Crippen MR) is 127 cm³/mol. The summed E-state index contributed by atoms with van der Waals surface area (Å²) in [6.45, 7) is 4.38. The zero-order valence-electron chi connectivity index (χ0n) is 19.1. The fourth-order valence-electron chi connectivity index (χ4n) is 3.70. The first-order valence-corrected chi connectivity index (χ1v) is 11.2. The predicted octanol–water partition coefficient (Wildman–Crippen LogP) is 4.55. The molecule has 2 amide bonds. The highest BCUT2D eigenvalue weighted by Crippen LogP contribution is 2.26. The van der Waals surface area contributed by atoms with Crippen molar-refractivity contribution in [3.8, 4) is 22.5 Å². The van der Waals surface area contributed by atoms with E-state index in [1.54, 1.807) is 13.8 Å². The van der Waals surface area contributed by atoms with Crippen molar-refractivity contribution in [2.24, 2.45) is 0 Å². The minimum absolute atomic E-state index is 0.228. The van der Waals surface area contributed by atoms with E-state index in [4.69, 9.17) is 9.05 Å². The van der Waals surface area contributed by atoms with E-state index in [-0.39, 0.29) is 11.8 Å². The Morgan fingerprint density at radius 3 is 1.44 bits per heavy atom. The molecule has 0 bridgehead atoms. The molecule has 0 saturated carbocycles. The molecule has 2 aromatic heterocycles. The smallest absolute Gasteiger partial charge is 0.257 e. The van der Waals surface area contributed by atoms with Crippen LogP contribution >= 0.6 is 0 Å². The van der Waals surface area contributed by atoms with E-state index in [2.05, 4.69) is 20.9 Å². The number of amides is 2. The van der Waals surface area contributed by atoms with E-state index in [0.29, 0.717) is 60.0 Å². The van der Waals surface area contributed by atoms with Crippen LogP contribution in [0.3, 0.4) is 0 Å². The lowest BCUT2D eigenvalue weighted by Gasteiger charge is -2.08. The molecule has 174 valence electrons. The van der Waals surface area contributed by atoms with E-state index < -0.39 is 0 Å². The average molecular weight is 459 g/mol. The fourth-order valence-corrected chi connectivity index (χ4v) is 3.70. The topological polar surface area (TPSA) is 110 Å². The lowest BCUT2D eigenvalue weighted by Crippen LogP contribution is -2.28. The van der Waals surface area contributed by atoms with Gasteiger partial charge in [0.15, 0.2) is 0 Å². The Morgan fingerprint density at radius 1 is 0.676 bits per heavy atom. The standard InChI is InChI=1S/C26H26N4O4/c1-17-21(23(29-33-17)19-11-5-3-6-12-19)25(31)27-15-9-10-16-28-26(32)22-18(2)34-30-24(22)20-13-7-4-8-14-20/h3-8,11-14H,9-10,15-16H2,1-2H3,(H,27,31)(H,28,32). The molecular weight excluding hydrogens is 432 g/mol. The van der Waals surface area contributed by atoms with Crippen molar-refractivity contribution in [1.29, 1.82) is 0 Å². The maximum absolute atomic E-state index is 12.7. The van der Waals surface area contributed by atoms with Gasteiger partial charge in [-0.05, 0) is 26.7 Å².